The number of carbonyl (C=O) groups is 2. The van der Waals surface area contributed by atoms with Crippen LogP contribution in [0, 0.1) is 0 Å². The molecule has 0 saturated carbocycles. The third-order valence-corrected chi connectivity index (χ3v) is 3.35. The molecule has 2 rings (SSSR count). The molecule has 2 unspecified atom stereocenters. The molecule has 0 aromatic carbocycles. The largest absolute Gasteiger partial charge is 0.481 e. The summed E-state index contributed by atoms with van der Waals surface area (Å²) in [4.78, 5) is 29.1. The van der Waals surface area contributed by atoms with Gasteiger partial charge in [-0.15, -0.1) is 0 Å². The van der Waals surface area contributed by atoms with E-state index in [4.69, 9.17) is 9.47 Å². The van der Waals surface area contributed by atoms with E-state index < -0.39 is 18.1 Å². The summed E-state index contributed by atoms with van der Waals surface area (Å²) >= 11 is 0. The summed E-state index contributed by atoms with van der Waals surface area (Å²) in [5.41, 5.74) is 0.615. The monoisotopic (exact) mass is 294 g/mol. The number of carbonyl (C=O) groups excluding carboxylic acids is 1. The van der Waals surface area contributed by atoms with E-state index in [2.05, 4.69) is 4.98 Å². The summed E-state index contributed by atoms with van der Waals surface area (Å²) in [6.07, 6.45) is 1.16. The number of morpholine rings is 1. The van der Waals surface area contributed by atoms with Crippen molar-refractivity contribution in [2.75, 3.05) is 20.3 Å². The van der Waals surface area contributed by atoms with Crippen molar-refractivity contribution in [2.45, 2.75) is 25.5 Å². The van der Waals surface area contributed by atoms with Crippen molar-refractivity contribution < 1.29 is 24.2 Å². The second-order valence-corrected chi connectivity index (χ2v) is 4.74. The van der Waals surface area contributed by atoms with E-state index in [1.54, 1.807) is 17.0 Å². The summed E-state index contributed by atoms with van der Waals surface area (Å²) in [6, 6.07) is 2.66. The molecule has 114 valence electrons. The lowest BCUT2D eigenvalue weighted by atomic mass is 9.99. The lowest BCUT2D eigenvalue weighted by molar-refractivity contribution is -0.173. The van der Waals surface area contributed by atoms with Crippen molar-refractivity contribution in [1.82, 2.24) is 9.88 Å². The average Bonchev–Trinajstić information content (AvgIpc) is 2.49. The third kappa shape index (κ3) is 3.13. The summed E-state index contributed by atoms with van der Waals surface area (Å²) in [6.45, 7) is 2.20. The highest BCUT2D eigenvalue weighted by Gasteiger charge is 2.41. The Kier molecular flexibility index (Phi) is 4.74. The zero-order chi connectivity index (χ0) is 15.4. The predicted molar refractivity (Wildman–Crippen MR) is 72.9 cm³/mol. The van der Waals surface area contributed by atoms with E-state index in [9.17, 15) is 14.7 Å². The molecule has 1 saturated heterocycles. The van der Waals surface area contributed by atoms with E-state index in [1.165, 1.54) is 13.3 Å². The fourth-order valence-corrected chi connectivity index (χ4v) is 2.41. The second kappa shape index (κ2) is 6.53. The van der Waals surface area contributed by atoms with Gasteiger partial charge in [-0.1, -0.05) is 6.92 Å². The van der Waals surface area contributed by atoms with Gasteiger partial charge in [0, 0.05) is 18.8 Å². The smallest absolute Gasteiger partial charge is 0.335 e. The minimum atomic E-state index is -1.09. The van der Waals surface area contributed by atoms with Crippen LogP contribution in [0.15, 0.2) is 18.3 Å². The average molecular weight is 294 g/mol. The minimum Gasteiger partial charge on any atom is -0.481 e. The van der Waals surface area contributed by atoms with Crippen molar-refractivity contribution in [2.24, 2.45) is 0 Å². The van der Waals surface area contributed by atoms with Crippen molar-refractivity contribution in [3.05, 3.63) is 23.9 Å². The zero-order valence-electron chi connectivity index (χ0n) is 12.0. The number of hydrogen-bond donors (Lipinski definition) is 1. The fraction of sp³-hybridized carbons (Fsp3) is 0.500. The highest BCUT2D eigenvalue weighted by Crippen LogP contribution is 2.30. The lowest BCUT2D eigenvalue weighted by Crippen LogP contribution is -2.52. The first kappa shape index (κ1) is 15.2. The van der Waals surface area contributed by atoms with E-state index in [0.29, 0.717) is 18.0 Å². The molecule has 1 aliphatic heterocycles. The molecule has 1 N–H and O–H groups in total. The van der Waals surface area contributed by atoms with Crippen molar-refractivity contribution >= 4 is 11.9 Å². The van der Waals surface area contributed by atoms with Gasteiger partial charge >= 0.3 is 5.97 Å². The molecule has 1 amide bonds. The van der Waals surface area contributed by atoms with Crippen molar-refractivity contribution in [1.29, 1.82) is 0 Å². The predicted octanol–water partition coefficient (Wildman–Crippen LogP) is 0.853. The highest BCUT2D eigenvalue weighted by molar-refractivity contribution is 5.82. The maximum Gasteiger partial charge on any atom is 0.335 e. The van der Waals surface area contributed by atoms with E-state index >= 15 is 0 Å². The molecule has 0 spiro atoms. The molecular formula is C14H18N2O5. The number of pyridine rings is 1. The van der Waals surface area contributed by atoms with Crippen LogP contribution >= 0.6 is 0 Å². The lowest BCUT2D eigenvalue weighted by Gasteiger charge is -2.39. The Hall–Kier alpha value is -2.15. The number of aromatic nitrogens is 1. The van der Waals surface area contributed by atoms with Gasteiger partial charge in [-0.05, 0) is 18.1 Å². The maximum atomic E-state index is 12.0. The first-order chi connectivity index (χ1) is 10.1. The van der Waals surface area contributed by atoms with Gasteiger partial charge in [-0.3, -0.25) is 4.79 Å². The zero-order valence-corrected chi connectivity index (χ0v) is 12.0. The molecule has 0 bridgehead atoms. The first-order valence-electron chi connectivity index (χ1n) is 6.72. The van der Waals surface area contributed by atoms with Crippen LogP contribution in [-0.4, -0.2) is 53.2 Å². The molecule has 1 fully saturated rings. The number of aliphatic carboxylic acids is 1. The van der Waals surface area contributed by atoms with Crippen LogP contribution < -0.4 is 4.74 Å². The quantitative estimate of drug-likeness (QED) is 0.866. The van der Waals surface area contributed by atoms with Gasteiger partial charge in [0.15, 0.2) is 6.10 Å². The van der Waals surface area contributed by atoms with Crippen molar-refractivity contribution in [3.8, 4) is 5.88 Å². The Morgan fingerprint density at radius 2 is 2.33 bits per heavy atom. The molecule has 1 aromatic heterocycles. The van der Waals surface area contributed by atoms with Crippen LogP contribution in [0.25, 0.3) is 0 Å². The van der Waals surface area contributed by atoms with Gasteiger partial charge in [0.25, 0.3) is 0 Å². The van der Waals surface area contributed by atoms with Crippen LogP contribution in [0.1, 0.15) is 24.9 Å². The van der Waals surface area contributed by atoms with E-state index in [1.807, 2.05) is 6.92 Å². The third-order valence-electron chi connectivity index (χ3n) is 3.35. The summed E-state index contributed by atoms with van der Waals surface area (Å²) in [5, 5.41) is 9.33. The van der Waals surface area contributed by atoms with Gasteiger partial charge in [0.2, 0.25) is 11.8 Å². The second-order valence-electron chi connectivity index (χ2n) is 4.74. The number of rotatable bonds is 5. The van der Waals surface area contributed by atoms with Gasteiger partial charge in [0.05, 0.1) is 13.2 Å². The van der Waals surface area contributed by atoms with E-state index in [0.717, 1.165) is 6.42 Å². The molecule has 1 aromatic rings. The summed E-state index contributed by atoms with van der Waals surface area (Å²) in [7, 11) is 1.50. The van der Waals surface area contributed by atoms with Crippen molar-refractivity contribution in [3.63, 3.8) is 0 Å². The molecule has 7 heteroatoms. The highest BCUT2D eigenvalue weighted by atomic mass is 16.5. The Balaban J connectivity index is 2.37. The fourth-order valence-electron chi connectivity index (χ4n) is 2.41. The number of methoxy groups -OCH3 is 1. The maximum absolute atomic E-state index is 12.0. The van der Waals surface area contributed by atoms with Gasteiger partial charge in [-0.2, -0.15) is 0 Å². The molecule has 0 radical (unpaired) electrons. The number of hydrogen-bond acceptors (Lipinski definition) is 5. The topological polar surface area (TPSA) is 89.0 Å². The summed E-state index contributed by atoms with van der Waals surface area (Å²) in [5.74, 6) is -0.879. The van der Waals surface area contributed by atoms with Crippen LogP contribution in [0.4, 0.5) is 0 Å². The van der Waals surface area contributed by atoms with Gasteiger partial charge < -0.3 is 19.5 Å². The molecule has 7 nitrogen and oxygen atoms in total. The number of carboxylic acid groups (broad SMARTS) is 1. The normalized spacial score (nSPS) is 22.2. The standard InChI is InChI=1S/C14H18N2O5/c1-3-6-16-11(17)8-21-13(14(18)19)12(16)9-4-5-10(20-2)15-7-9/h4-5,7,12-13H,3,6,8H2,1-2H3,(H,18,19). The number of nitrogens with zero attached hydrogens (tertiary/aromatic N) is 2. The summed E-state index contributed by atoms with van der Waals surface area (Å²) < 4.78 is 10.2. The number of carboxylic acids is 1. The molecule has 2 atom stereocenters. The molecule has 21 heavy (non-hydrogen) atoms. The molecule has 1 aliphatic rings. The van der Waals surface area contributed by atoms with Gasteiger partial charge in [-0.25, -0.2) is 9.78 Å². The number of ether oxygens (including phenoxy) is 2. The van der Waals surface area contributed by atoms with E-state index in [-0.39, 0.29) is 12.5 Å². The Morgan fingerprint density at radius 3 is 2.86 bits per heavy atom. The molecule has 0 aliphatic carbocycles. The SMILES string of the molecule is CCCN1C(=O)COC(C(=O)O)C1c1ccc(OC)nc1. The van der Waals surface area contributed by atoms with Gasteiger partial charge in [0.1, 0.15) is 6.61 Å². The van der Waals surface area contributed by atoms with Crippen LogP contribution in [-0.2, 0) is 14.3 Å². The van der Waals surface area contributed by atoms with Crippen LogP contribution in [0.2, 0.25) is 0 Å². The minimum absolute atomic E-state index is 0.211. The number of amides is 1. The van der Waals surface area contributed by atoms with Crippen LogP contribution in [0.5, 0.6) is 5.88 Å². The first-order valence-corrected chi connectivity index (χ1v) is 6.72. The molecule has 2 heterocycles. The van der Waals surface area contributed by atoms with Crippen LogP contribution in [0.3, 0.4) is 0 Å². The Morgan fingerprint density at radius 1 is 1.57 bits per heavy atom. The Labute approximate surface area is 122 Å². The Bertz CT molecular complexity index is 517. The molecular weight excluding hydrogens is 276 g/mol.